The number of aromatic hydroxyl groups is 1. The minimum atomic E-state index is -0.0295. The molecule has 124 valence electrons. The molecule has 2 rings (SSSR count). The van der Waals surface area contributed by atoms with Crippen LogP contribution in [0.2, 0.25) is 5.02 Å². The van der Waals surface area contributed by atoms with Gasteiger partial charge in [0.1, 0.15) is 17.4 Å². The number of methoxy groups -OCH3 is 1. The number of aryl methyl sites for hydroxylation is 1. The Morgan fingerprint density at radius 2 is 2.25 bits per heavy atom. The average Bonchev–Trinajstić information content (AvgIpc) is 2.52. The normalized spacial score (nSPS) is 10.8. The summed E-state index contributed by atoms with van der Waals surface area (Å²) in [6.07, 6.45) is 1.51. The molecule has 0 aliphatic carbocycles. The van der Waals surface area contributed by atoms with Crippen molar-refractivity contribution in [1.82, 2.24) is 4.98 Å². The number of hydrogen-bond acceptors (Lipinski definition) is 6. The first-order chi connectivity index (χ1) is 11.5. The summed E-state index contributed by atoms with van der Waals surface area (Å²) in [7, 11) is 1.56. The SMILES string of the molecule is COCc1cc(C)nc(N/N=C/c2cc(Cl)c(O)c(Br)c2)c1C#N. The summed E-state index contributed by atoms with van der Waals surface area (Å²) in [4.78, 5) is 4.29. The Balaban J connectivity index is 2.27. The predicted octanol–water partition coefficient (Wildman–Crippen LogP) is 3.98. The van der Waals surface area contributed by atoms with Crippen molar-refractivity contribution in [3.63, 3.8) is 0 Å². The van der Waals surface area contributed by atoms with Crippen molar-refractivity contribution in [2.24, 2.45) is 5.10 Å². The number of ether oxygens (including phenoxy) is 1. The van der Waals surface area contributed by atoms with Crippen LogP contribution in [0, 0.1) is 18.3 Å². The zero-order valence-corrected chi connectivity index (χ0v) is 15.3. The van der Waals surface area contributed by atoms with Crippen LogP contribution in [0.5, 0.6) is 5.75 Å². The lowest BCUT2D eigenvalue weighted by Gasteiger charge is -2.09. The summed E-state index contributed by atoms with van der Waals surface area (Å²) in [6, 6.07) is 7.14. The maximum atomic E-state index is 9.62. The molecule has 1 heterocycles. The lowest BCUT2D eigenvalue weighted by Crippen LogP contribution is -2.03. The molecule has 0 spiro atoms. The van der Waals surface area contributed by atoms with E-state index in [4.69, 9.17) is 16.3 Å². The summed E-state index contributed by atoms with van der Waals surface area (Å²) in [5.41, 5.74) is 5.29. The number of hydrogen-bond donors (Lipinski definition) is 2. The van der Waals surface area contributed by atoms with Gasteiger partial charge < -0.3 is 9.84 Å². The van der Waals surface area contributed by atoms with Crippen LogP contribution in [-0.2, 0) is 11.3 Å². The molecule has 1 aromatic heterocycles. The molecule has 0 aliphatic heterocycles. The molecular weight excluding hydrogens is 396 g/mol. The van der Waals surface area contributed by atoms with E-state index in [-0.39, 0.29) is 10.8 Å². The molecule has 0 saturated heterocycles. The number of anilines is 1. The molecule has 2 N–H and O–H groups in total. The summed E-state index contributed by atoms with van der Waals surface area (Å²) in [5.74, 6) is 0.322. The Labute approximate surface area is 152 Å². The van der Waals surface area contributed by atoms with Gasteiger partial charge >= 0.3 is 0 Å². The number of halogens is 2. The molecule has 6 nitrogen and oxygen atoms in total. The molecule has 0 saturated carbocycles. The number of nitrogens with zero attached hydrogens (tertiary/aromatic N) is 3. The van der Waals surface area contributed by atoms with Crippen molar-refractivity contribution in [1.29, 1.82) is 5.26 Å². The van der Waals surface area contributed by atoms with E-state index in [9.17, 15) is 10.4 Å². The van der Waals surface area contributed by atoms with E-state index < -0.39 is 0 Å². The van der Waals surface area contributed by atoms with Crippen LogP contribution >= 0.6 is 27.5 Å². The smallest absolute Gasteiger partial charge is 0.164 e. The van der Waals surface area contributed by atoms with Crippen LogP contribution in [-0.4, -0.2) is 23.4 Å². The molecule has 2 aromatic rings. The highest BCUT2D eigenvalue weighted by molar-refractivity contribution is 9.10. The van der Waals surface area contributed by atoms with E-state index in [1.807, 2.05) is 6.92 Å². The molecule has 0 atom stereocenters. The topological polar surface area (TPSA) is 90.5 Å². The molecule has 24 heavy (non-hydrogen) atoms. The fourth-order valence-corrected chi connectivity index (χ4v) is 2.86. The summed E-state index contributed by atoms with van der Waals surface area (Å²) in [5, 5.41) is 23.3. The molecule has 0 unspecified atom stereocenters. The first kappa shape index (κ1) is 18.2. The highest BCUT2D eigenvalue weighted by Crippen LogP contribution is 2.32. The second-order valence-corrected chi connectivity index (χ2v) is 6.16. The highest BCUT2D eigenvalue weighted by atomic mass is 79.9. The third kappa shape index (κ3) is 4.23. The largest absolute Gasteiger partial charge is 0.505 e. The molecule has 0 fully saturated rings. The van der Waals surface area contributed by atoms with Crippen LogP contribution in [0.4, 0.5) is 5.82 Å². The highest BCUT2D eigenvalue weighted by Gasteiger charge is 2.11. The molecule has 0 radical (unpaired) electrons. The Morgan fingerprint density at radius 3 is 2.88 bits per heavy atom. The zero-order chi connectivity index (χ0) is 17.7. The zero-order valence-electron chi connectivity index (χ0n) is 13.0. The first-order valence-corrected chi connectivity index (χ1v) is 8.00. The number of nitrogens with one attached hydrogen (secondary N) is 1. The fourth-order valence-electron chi connectivity index (χ4n) is 2.04. The number of hydrazone groups is 1. The van der Waals surface area contributed by atoms with Gasteiger partial charge in [0.25, 0.3) is 0 Å². The predicted molar refractivity (Wildman–Crippen MR) is 96.4 cm³/mol. The van der Waals surface area contributed by atoms with E-state index >= 15 is 0 Å². The molecule has 0 amide bonds. The fraction of sp³-hybridized carbons (Fsp3) is 0.188. The minimum Gasteiger partial charge on any atom is -0.505 e. The van der Waals surface area contributed by atoms with Gasteiger partial charge in [0.15, 0.2) is 5.82 Å². The van der Waals surface area contributed by atoms with Crippen molar-refractivity contribution in [3.8, 4) is 11.8 Å². The van der Waals surface area contributed by atoms with Gasteiger partial charge in [0.2, 0.25) is 0 Å². The monoisotopic (exact) mass is 408 g/mol. The van der Waals surface area contributed by atoms with Crippen molar-refractivity contribution in [2.75, 3.05) is 12.5 Å². The molecule has 8 heteroatoms. The number of aromatic nitrogens is 1. The van der Waals surface area contributed by atoms with Gasteiger partial charge in [-0.05, 0) is 46.6 Å². The second-order valence-electron chi connectivity index (χ2n) is 4.89. The van der Waals surface area contributed by atoms with E-state index in [0.29, 0.717) is 28.0 Å². The van der Waals surface area contributed by atoms with E-state index in [0.717, 1.165) is 11.3 Å². The van der Waals surface area contributed by atoms with Crippen LogP contribution < -0.4 is 5.43 Å². The molecule has 0 bridgehead atoms. The second kappa shape index (κ2) is 8.11. The Kier molecular flexibility index (Phi) is 6.15. The lowest BCUT2D eigenvalue weighted by atomic mass is 10.1. The molecule has 0 aliphatic rings. The number of pyridine rings is 1. The Hall–Kier alpha value is -2.14. The van der Waals surface area contributed by atoms with Crippen molar-refractivity contribution in [2.45, 2.75) is 13.5 Å². The third-order valence-corrected chi connectivity index (χ3v) is 3.96. The van der Waals surface area contributed by atoms with Crippen LogP contribution in [0.3, 0.4) is 0 Å². The number of nitriles is 1. The van der Waals surface area contributed by atoms with Gasteiger partial charge in [-0.25, -0.2) is 4.98 Å². The van der Waals surface area contributed by atoms with Crippen LogP contribution in [0.1, 0.15) is 22.4 Å². The maximum Gasteiger partial charge on any atom is 0.164 e. The number of rotatable bonds is 5. The average molecular weight is 410 g/mol. The number of benzene rings is 1. The Morgan fingerprint density at radius 1 is 1.50 bits per heavy atom. The van der Waals surface area contributed by atoms with Crippen molar-refractivity contribution in [3.05, 3.63) is 50.1 Å². The van der Waals surface area contributed by atoms with Gasteiger partial charge in [0.05, 0.1) is 22.3 Å². The van der Waals surface area contributed by atoms with E-state index in [2.05, 4.69) is 37.5 Å². The van der Waals surface area contributed by atoms with Crippen molar-refractivity contribution >= 4 is 39.6 Å². The van der Waals surface area contributed by atoms with Gasteiger partial charge in [-0.1, -0.05) is 11.6 Å². The van der Waals surface area contributed by atoms with Crippen molar-refractivity contribution < 1.29 is 9.84 Å². The van der Waals surface area contributed by atoms with Gasteiger partial charge in [-0.2, -0.15) is 10.4 Å². The quantitative estimate of drug-likeness (QED) is 0.576. The molecule has 1 aromatic carbocycles. The van der Waals surface area contributed by atoms with Gasteiger partial charge in [0, 0.05) is 18.4 Å². The summed E-state index contributed by atoms with van der Waals surface area (Å²) < 4.78 is 5.57. The van der Waals surface area contributed by atoms with E-state index in [1.54, 1.807) is 25.3 Å². The van der Waals surface area contributed by atoms with Crippen LogP contribution in [0.15, 0.2) is 27.8 Å². The summed E-state index contributed by atoms with van der Waals surface area (Å²) >= 11 is 9.11. The Bertz CT molecular complexity index is 811. The maximum absolute atomic E-state index is 9.62. The standard InChI is InChI=1S/C16H14BrClN4O2/c1-9-3-11(8-24-2)12(6-19)16(21-9)22-20-7-10-4-13(17)15(23)14(18)5-10/h3-5,7,23H,8H2,1-2H3,(H,21,22)/b20-7+. The first-order valence-electron chi connectivity index (χ1n) is 6.83. The molecular formula is C16H14BrClN4O2. The van der Waals surface area contributed by atoms with E-state index in [1.165, 1.54) is 6.21 Å². The lowest BCUT2D eigenvalue weighted by molar-refractivity contribution is 0.184. The van der Waals surface area contributed by atoms with Gasteiger partial charge in [-0.15, -0.1) is 0 Å². The third-order valence-electron chi connectivity index (χ3n) is 3.06. The number of phenols is 1. The minimum absolute atomic E-state index is 0.0295. The van der Waals surface area contributed by atoms with Gasteiger partial charge in [-0.3, -0.25) is 5.43 Å². The number of phenolic OH excluding ortho intramolecular Hbond substituents is 1. The summed E-state index contributed by atoms with van der Waals surface area (Å²) in [6.45, 7) is 2.14. The van der Waals surface area contributed by atoms with Crippen LogP contribution in [0.25, 0.3) is 0 Å².